The molecule has 0 aliphatic heterocycles. The van der Waals surface area contributed by atoms with Crippen LogP contribution in [0.25, 0.3) is 0 Å². The molecule has 3 nitrogen and oxygen atoms in total. The van der Waals surface area contributed by atoms with Gasteiger partial charge in [0.15, 0.2) is 0 Å². The predicted octanol–water partition coefficient (Wildman–Crippen LogP) is 2.14. The van der Waals surface area contributed by atoms with Gasteiger partial charge in [0.2, 0.25) is 0 Å². The van der Waals surface area contributed by atoms with E-state index in [1.807, 2.05) is 18.2 Å². The van der Waals surface area contributed by atoms with Crippen LogP contribution in [-0.2, 0) is 0 Å². The van der Waals surface area contributed by atoms with Gasteiger partial charge in [-0.3, -0.25) is 5.84 Å². The van der Waals surface area contributed by atoms with Gasteiger partial charge >= 0.3 is 0 Å². The van der Waals surface area contributed by atoms with E-state index in [1.54, 1.807) is 12.5 Å². The summed E-state index contributed by atoms with van der Waals surface area (Å²) < 4.78 is 5.06. The molecule has 0 radical (unpaired) electrons. The predicted molar refractivity (Wildman–Crippen MR) is 59.1 cm³/mol. The Balaban J connectivity index is 2.40. The van der Waals surface area contributed by atoms with Gasteiger partial charge in [0.1, 0.15) is 0 Å². The Kier molecular flexibility index (Phi) is 2.85. The first-order valence-electron chi connectivity index (χ1n) is 4.86. The first-order valence-corrected chi connectivity index (χ1v) is 4.86. The number of aryl methyl sites for hydroxylation is 1. The van der Waals surface area contributed by atoms with Gasteiger partial charge in [0, 0.05) is 5.56 Å². The number of rotatable bonds is 3. The van der Waals surface area contributed by atoms with Crippen LogP contribution in [0.3, 0.4) is 0 Å². The zero-order chi connectivity index (χ0) is 10.7. The molecule has 0 amide bonds. The molecule has 1 aromatic heterocycles. The topological polar surface area (TPSA) is 51.2 Å². The lowest BCUT2D eigenvalue weighted by molar-refractivity contribution is 0.553. The first kappa shape index (κ1) is 9.96. The monoisotopic (exact) mass is 202 g/mol. The molecule has 0 aliphatic carbocycles. The number of nitrogens with one attached hydrogen (secondary N) is 1. The molecule has 3 N–H and O–H groups in total. The van der Waals surface area contributed by atoms with Crippen LogP contribution in [0.5, 0.6) is 0 Å². The number of hydrogen-bond acceptors (Lipinski definition) is 3. The zero-order valence-electron chi connectivity index (χ0n) is 8.60. The summed E-state index contributed by atoms with van der Waals surface area (Å²) in [5, 5.41) is 0. The molecule has 1 unspecified atom stereocenters. The van der Waals surface area contributed by atoms with Crippen molar-refractivity contribution in [1.82, 2.24) is 5.43 Å². The van der Waals surface area contributed by atoms with Crippen molar-refractivity contribution in [3.63, 3.8) is 0 Å². The van der Waals surface area contributed by atoms with E-state index in [9.17, 15) is 0 Å². The van der Waals surface area contributed by atoms with Gasteiger partial charge in [-0.05, 0) is 24.1 Å². The van der Waals surface area contributed by atoms with Crippen molar-refractivity contribution in [3.05, 3.63) is 59.5 Å². The van der Waals surface area contributed by atoms with Gasteiger partial charge in [-0.2, -0.15) is 0 Å². The van der Waals surface area contributed by atoms with Gasteiger partial charge in [0.25, 0.3) is 0 Å². The van der Waals surface area contributed by atoms with Crippen molar-refractivity contribution in [3.8, 4) is 0 Å². The standard InChI is InChI=1S/C12H14N2O/c1-9-4-2-3-5-11(9)12(14-13)10-6-7-15-8-10/h2-8,12,14H,13H2,1H3. The Hall–Kier alpha value is -1.58. The molecule has 1 heterocycles. The molecular formula is C12H14N2O. The Bertz CT molecular complexity index is 423. The smallest absolute Gasteiger partial charge is 0.0954 e. The molecule has 0 saturated carbocycles. The van der Waals surface area contributed by atoms with E-state index in [1.165, 1.54) is 11.1 Å². The lowest BCUT2D eigenvalue weighted by atomic mass is 9.97. The highest BCUT2D eigenvalue weighted by atomic mass is 16.3. The normalized spacial score (nSPS) is 12.7. The zero-order valence-corrected chi connectivity index (χ0v) is 8.60. The van der Waals surface area contributed by atoms with Gasteiger partial charge < -0.3 is 4.42 Å². The summed E-state index contributed by atoms with van der Waals surface area (Å²) in [5.41, 5.74) is 6.21. The molecule has 15 heavy (non-hydrogen) atoms. The molecule has 0 fully saturated rings. The van der Waals surface area contributed by atoms with Crippen molar-refractivity contribution < 1.29 is 4.42 Å². The maximum absolute atomic E-state index is 5.57. The summed E-state index contributed by atoms with van der Waals surface area (Å²) in [4.78, 5) is 0. The first-order chi connectivity index (χ1) is 7.33. The van der Waals surface area contributed by atoms with Crippen molar-refractivity contribution >= 4 is 0 Å². The second kappa shape index (κ2) is 4.29. The molecule has 0 bridgehead atoms. The highest BCUT2D eigenvalue weighted by molar-refractivity contribution is 5.35. The Morgan fingerprint density at radius 2 is 2.07 bits per heavy atom. The van der Waals surface area contributed by atoms with Crippen LogP contribution in [0.15, 0.2) is 47.3 Å². The summed E-state index contributed by atoms with van der Waals surface area (Å²) >= 11 is 0. The molecule has 0 saturated heterocycles. The minimum atomic E-state index is -0.00931. The third kappa shape index (κ3) is 1.93. The highest BCUT2D eigenvalue weighted by Gasteiger charge is 2.14. The molecule has 2 rings (SSSR count). The SMILES string of the molecule is Cc1ccccc1C(NN)c1ccoc1. The van der Waals surface area contributed by atoms with Crippen LogP contribution >= 0.6 is 0 Å². The second-order valence-electron chi connectivity index (χ2n) is 3.51. The highest BCUT2D eigenvalue weighted by Crippen LogP contribution is 2.23. The Morgan fingerprint density at radius 3 is 2.67 bits per heavy atom. The van der Waals surface area contributed by atoms with Crippen LogP contribution in [0.2, 0.25) is 0 Å². The number of hydrogen-bond donors (Lipinski definition) is 2. The van der Waals surface area contributed by atoms with E-state index >= 15 is 0 Å². The largest absolute Gasteiger partial charge is 0.472 e. The van der Waals surface area contributed by atoms with Crippen molar-refractivity contribution in [1.29, 1.82) is 0 Å². The Labute approximate surface area is 88.9 Å². The molecular weight excluding hydrogens is 188 g/mol. The molecule has 1 atom stereocenters. The maximum Gasteiger partial charge on any atom is 0.0954 e. The lowest BCUT2D eigenvalue weighted by Gasteiger charge is -2.16. The summed E-state index contributed by atoms with van der Waals surface area (Å²) in [6.45, 7) is 2.07. The fourth-order valence-electron chi connectivity index (χ4n) is 1.72. The van der Waals surface area contributed by atoms with E-state index in [2.05, 4.69) is 24.5 Å². The Morgan fingerprint density at radius 1 is 1.27 bits per heavy atom. The number of nitrogens with two attached hydrogens (primary N) is 1. The number of hydrazine groups is 1. The number of furan rings is 1. The van der Waals surface area contributed by atoms with E-state index in [0.717, 1.165) is 5.56 Å². The molecule has 1 aromatic carbocycles. The van der Waals surface area contributed by atoms with Crippen molar-refractivity contribution in [2.24, 2.45) is 5.84 Å². The van der Waals surface area contributed by atoms with Crippen LogP contribution in [0.1, 0.15) is 22.7 Å². The maximum atomic E-state index is 5.57. The summed E-state index contributed by atoms with van der Waals surface area (Å²) in [6.07, 6.45) is 3.36. The molecule has 78 valence electrons. The van der Waals surface area contributed by atoms with Crippen LogP contribution in [-0.4, -0.2) is 0 Å². The third-order valence-electron chi connectivity index (χ3n) is 2.54. The van der Waals surface area contributed by atoms with Gasteiger partial charge in [0.05, 0.1) is 18.6 Å². The third-order valence-corrected chi connectivity index (χ3v) is 2.54. The van der Waals surface area contributed by atoms with Gasteiger partial charge in [-0.15, -0.1) is 0 Å². The molecule has 3 heteroatoms. The summed E-state index contributed by atoms with van der Waals surface area (Å²) in [6, 6.07) is 10.1. The van der Waals surface area contributed by atoms with Crippen LogP contribution < -0.4 is 11.3 Å². The van der Waals surface area contributed by atoms with Crippen LogP contribution in [0, 0.1) is 6.92 Å². The minimum absolute atomic E-state index is 0.00931. The average molecular weight is 202 g/mol. The average Bonchev–Trinajstić information content (AvgIpc) is 2.75. The van der Waals surface area contributed by atoms with Crippen molar-refractivity contribution in [2.75, 3.05) is 0 Å². The second-order valence-corrected chi connectivity index (χ2v) is 3.51. The fraction of sp³-hybridized carbons (Fsp3) is 0.167. The summed E-state index contributed by atoms with van der Waals surface area (Å²) in [7, 11) is 0. The molecule has 0 spiro atoms. The molecule has 2 aromatic rings. The summed E-state index contributed by atoms with van der Waals surface area (Å²) in [5.74, 6) is 5.57. The van der Waals surface area contributed by atoms with E-state index in [4.69, 9.17) is 10.3 Å². The fourth-order valence-corrected chi connectivity index (χ4v) is 1.72. The van der Waals surface area contributed by atoms with Gasteiger partial charge in [-0.25, -0.2) is 5.43 Å². The quantitative estimate of drug-likeness (QED) is 0.592. The minimum Gasteiger partial charge on any atom is -0.472 e. The van der Waals surface area contributed by atoms with Gasteiger partial charge in [-0.1, -0.05) is 24.3 Å². The van der Waals surface area contributed by atoms with Crippen molar-refractivity contribution in [2.45, 2.75) is 13.0 Å². The molecule has 0 aliphatic rings. The van der Waals surface area contributed by atoms with E-state index < -0.39 is 0 Å². The van der Waals surface area contributed by atoms with E-state index in [-0.39, 0.29) is 6.04 Å². The number of benzene rings is 1. The van der Waals surface area contributed by atoms with Crippen LogP contribution in [0.4, 0.5) is 0 Å². The van der Waals surface area contributed by atoms with E-state index in [0.29, 0.717) is 0 Å². The lowest BCUT2D eigenvalue weighted by Crippen LogP contribution is -2.29.